The van der Waals surface area contributed by atoms with Crippen molar-refractivity contribution in [2.45, 2.75) is 0 Å². The molecule has 0 bridgehead atoms. The Hall–Kier alpha value is -4.56. The third-order valence-electron chi connectivity index (χ3n) is 6.43. The zero-order valence-corrected chi connectivity index (χ0v) is 18.4. The van der Waals surface area contributed by atoms with E-state index in [1.165, 1.54) is 0 Å². The number of ketones is 2. The molecule has 5 aromatic rings. The average molecular weight is 437 g/mol. The quantitative estimate of drug-likeness (QED) is 0.269. The van der Waals surface area contributed by atoms with Gasteiger partial charge in [0.15, 0.2) is 11.6 Å². The van der Waals surface area contributed by atoms with E-state index in [1.807, 2.05) is 121 Å². The van der Waals surface area contributed by atoms with Crippen molar-refractivity contribution in [3.63, 3.8) is 0 Å². The molecule has 5 aromatic carbocycles. The van der Waals surface area contributed by atoms with Crippen molar-refractivity contribution in [3.8, 4) is 33.4 Å². The van der Waals surface area contributed by atoms with Crippen molar-refractivity contribution in [1.29, 1.82) is 0 Å². The van der Waals surface area contributed by atoms with E-state index in [2.05, 4.69) is 0 Å². The molecule has 0 saturated carbocycles. The molecular formula is C32H20O2. The highest BCUT2D eigenvalue weighted by molar-refractivity contribution is 6.30. The Morgan fingerprint density at radius 2 is 0.971 bits per heavy atom. The minimum atomic E-state index is -0.0835. The Kier molecular flexibility index (Phi) is 4.78. The molecule has 0 radical (unpaired) electrons. The molecule has 0 spiro atoms. The number of carbonyl (C=O) groups is 2. The van der Waals surface area contributed by atoms with Crippen molar-refractivity contribution >= 4 is 11.6 Å². The van der Waals surface area contributed by atoms with Crippen LogP contribution in [0.4, 0.5) is 0 Å². The Labute approximate surface area is 198 Å². The molecule has 160 valence electrons. The molecule has 1 aliphatic carbocycles. The first-order valence-electron chi connectivity index (χ1n) is 11.3. The van der Waals surface area contributed by atoms with Gasteiger partial charge in [-0.25, -0.2) is 0 Å². The Balaban J connectivity index is 1.77. The Morgan fingerprint density at radius 3 is 1.59 bits per heavy atom. The van der Waals surface area contributed by atoms with E-state index < -0.39 is 0 Å². The summed E-state index contributed by atoms with van der Waals surface area (Å²) in [6.07, 6.45) is 0. The van der Waals surface area contributed by atoms with Crippen LogP contribution < -0.4 is 0 Å². The summed E-state index contributed by atoms with van der Waals surface area (Å²) in [7, 11) is 0. The van der Waals surface area contributed by atoms with Gasteiger partial charge in [-0.05, 0) is 33.9 Å². The average Bonchev–Trinajstić information content (AvgIpc) is 3.21. The van der Waals surface area contributed by atoms with Crippen LogP contribution in [0.3, 0.4) is 0 Å². The Morgan fingerprint density at radius 1 is 0.471 bits per heavy atom. The predicted octanol–water partition coefficient (Wildman–Crippen LogP) is 7.46. The third-order valence-corrected chi connectivity index (χ3v) is 6.43. The lowest BCUT2D eigenvalue weighted by Crippen LogP contribution is -2.09. The fourth-order valence-electron chi connectivity index (χ4n) is 4.88. The molecule has 0 fully saturated rings. The van der Waals surface area contributed by atoms with E-state index in [-0.39, 0.29) is 11.6 Å². The second-order valence-corrected chi connectivity index (χ2v) is 8.40. The zero-order valence-electron chi connectivity index (χ0n) is 18.4. The second-order valence-electron chi connectivity index (χ2n) is 8.40. The lowest BCUT2D eigenvalue weighted by molar-refractivity contribution is 0.103. The van der Waals surface area contributed by atoms with Gasteiger partial charge in [-0.2, -0.15) is 0 Å². The first kappa shape index (κ1) is 20.1. The molecule has 2 nitrogen and oxygen atoms in total. The topological polar surface area (TPSA) is 34.1 Å². The molecule has 0 amide bonds. The van der Waals surface area contributed by atoms with E-state index in [0.29, 0.717) is 22.3 Å². The van der Waals surface area contributed by atoms with E-state index in [1.54, 1.807) is 0 Å². The normalized spacial score (nSPS) is 11.7. The zero-order chi connectivity index (χ0) is 23.1. The lowest BCUT2D eigenvalue weighted by atomic mass is 9.83. The van der Waals surface area contributed by atoms with Crippen LogP contribution >= 0.6 is 0 Å². The van der Waals surface area contributed by atoms with Crippen LogP contribution in [0.1, 0.15) is 31.8 Å². The van der Waals surface area contributed by atoms with E-state index in [4.69, 9.17) is 0 Å². The van der Waals surface area contributed by atoms with Gasteiger partial charge < -0.3 is 0 Å². The molecule has 6 rings (SSSR count). The maximum Gasteiger partial charge on any atom is 0.194 e. The summed E-state index contributed by atoms with van der Waals surface area (Å²) in [4.78, 5) is 27.8. The first-order chi connectivity index (χ1) is 16.7. The molecule has 0 heterocycles. The number of carbonyl (C=O) groups excluding carboxylic acids is 2. The van der Waals surface area contributed by atoms with Crippen LogP contribution in [0.2, 0.25) is 0 Å². The second kappa shape index (κ2) is 8.09. The minimum Gasteiger partial charge on any atom is -0.289 e. The van der Waals surface area contributed by atoms with Gasteiger partial charge >= 0.3 is 0 Å². The number of hydrogen-bond acceptors (Lipinski definition) is 2. The van der Waals surface area contributed by atoms with E-state index >= 15 is 0 Å². The smallest absolute Gasteiger partial charge is 0.194 e. The predicted molar refractivity (Wildman–Crippen MR) is 136 cm³/mol. The summed E-state index contributed by atoms with van der Waals surface area (Å²) in [5.74, 6) is -0.119. The van der Waals surface area contributed by atoms with Gasteiger partial charge in [0.2, 0.25) is 0 Å². The summed E-state index contributed by atoms with van der Waals surface area (Å²) in [6.45, 7) is 0. The maximum absolute atomic E-state index is 14.1. The summed E-state index contributed by atoms with van der Waals surface area (Å²) < 4.78 is 0. The van der Waals surface area contributed by atoms with Crippen molar-refractivity contribution in [3.05, 3.63) is 144 Å². The number of fused-ring (bicyclic) bond motifs is 3. The number of rotatable bonds is 4. The molecule has 0 unspecified atom stereocenters. The summed E-state index contributed by atoms with van der Waals surface area (Å²) in [5, 5.41) is 0. The van der Waals surface area contributed by atoms with E-state index in [9.17, 15) is 9.59 Å². The number of benzene rings is 5. The van der Waals surface area contributed by atoms with Crippen molar-refractivity contribution in [2.75, 3.05) is 0 Å². The highest BCUT2D eigenvalue weighted by Gasteiger charge is 2.35. The number of hydrogen-bond donors (Lipinski definition) is 0. The van der Waals surface area contributed by atoms with E-state index in [0.717, 1.165) is 33.4 Å². The van der Waals surface area contributed by atoms with Crippen LogP contribution in [-0.2, 0) is 0 Å². The van der Waals surface area contributed by atoms with Gasteiger partial charge in [-0.3, -0.25) is 9.59 Å². The molecule has 0 N–H and O–H groups in total. The maximum atomic E-state index is 14.1. The van der Waals surface area contributed by atoms with Gasteiger partial charge in [0, 0.05) is 27.8 Å². The SMILES string of the molecule is O=C(c1ccccc1)c1c(-c2ccccc2)cc(-c2ccccc2)c2c1-c1ccccc1C2=O. The lowest BCUT2D eigenvalue weighted by Gasteiger charge is -2.18. The van der Waals surface area contributed by atoms with Crippen LogP contribution in [-0.4, -0.2) is 11.6 Å². The molecule has 0 atom stereocenters. The molecule has 0 aliphatic heterocycles. The van der Waals surface area contributed by atoms with Gasteiger partial charge in [0.25, 0.3) is 0 Å². The Bertz CT molecular complexity index is 1550. The summed E-state index contributed by atoms with van der Waals surface area (Å²) >= 11 is 0. The largest absolute Gasteiger partial charge is 0.289 e. The van der Waals surface area contributed by atoms with Crippen molar-refractivity contribution in [2.24, 2.45) is 0 Å². The fourth-order valence-corrected chi connectivity index (χ4v) is 4.88. The van der Waals surface area contributed by atoms with Gasteiger partial charge in [-0.1, -0.05) is 115 Å². The summed E-state index contributed by atoms with van der Waals surface area (Å²) in [6, 6.07) is 38.8. The van der Waals surface area contributed by atoms with Crippen LogP contribution in [0.5, 0.6) is 0 Å². The van der Waals surface area contributed by atoms with Crippen LogP contribution in [0, 0.1) is 0 Å². The molecule has 0 saturated heterocycles. The molecular weight excluding hydrogens is 416 g/mol. The molecule has 0 aromatic heterocycles. The fraction of sp³-hybridized carbons (Fsp3) is 0. The van der Waals surface area contributed by atoms with Crippen LogP contribution in [0.25, 0.3) is 33.4 Å². The molecule has 2 heteroatoms. The van der Waals surface area contributed by atoms with Crippen molar-refractivity contribution in [1.82, 2.24) is 0 Å². The minimum absolute atomic E-state index is 0.0359. The van der Waals surface area contributed by atoms with Crippen LogP contribution in [0.15, 0.2) is 121 Å². The van der Waals surface area contributed by atoms with Crippen molar-refractivity contribution < 1.29 is 9.59 Å². The molecule has 34 heavy (non-hydrogen) atoms. The third kappa shape index (κ3) is 3.12. The first-order valence-corrected chi connectivity index (χ1v) is 11.3. The highest BCUT2D eigenvalue weighted by Crippen LogP contribution is 2.47. The standard InChI is InChI=1S/C32H20O2/c33-31(23-16-8-3-9-17-23)29-26(21-12-4-1-5-13-21)20-27(22-14-6-2-7-15-22)30-28(29)24-18-10-11-19-25(24)32(30)34/h1-20H. The van der Waals surface area contributed by atoms with Gasteiger partial charge in [0.1, 0.15) is 0 Å². The molecule has 1 aliphatic rings. The summed E-state index contributed by atoms with van der Waals surface area (Å²) in [5.41, 5.74) is 7.54. The monoisotopic (exact) mass is 436 g/mol. The highest BCUT2D eigenvalue weighted by atomic mass is 16.1. The van der Waals surface area contributed by atoms with Gasteiger partial charge in [-0.15, -0.1) is 0 Å². The van der Waals surface area contributed by atoms with Gasteiger partial charge in [0.05, 0.1) is 0 Å².